The number of aromatic nitrogens is 2. The van der Waals surface area contributed by atoms with E-state index in [0.717, 1.165) is 50.8 Å². The molecule has 0 radical (unpaired) electrons. The average molecular weight is 277 g/mol. The van der Waals surface area contributed by atoms with Gasteiger partial charge in [-0.1, -0.05) is 13.8 Å². The largest absolute Gasteiger partial charge is 0.370 e. The number of hydrogen-bond donors (Lipinski definition) is 1. The highest BCUT2D eigenvalue weighted by molar-refractivity contribution is 5.48. The molecule has 1 fully saturated rings. The third-order valence-electron chi connectivity index (χ3n) is 4.06. The highest BCUT2D eigenvalue weighted by Gasteiger charge is 2.21. The van der Waals surface area contributed by atoms with E-state index < -0.39 is 0 Å². The lowest BCUT2D eigenvalue weighted by molar-refractivity contribution is 0.192. The van der Waals surface area contributed by atoms with E-state index in [4.69, 9.17) is 0 Å². The smallest absolute Gasteiger partial charge is 0.134 e. The Hall–Kier alpha value is -1.36. The first-order chi connectivity index (χ1) is 9.74. The van der Waals surface area contributed by atoms with Crippen molar-refractivity contribution in [2.45, 2.75) is 39.7 Å². The number of nitrogens with one attached hydrogen (secondary N) is 1. The Morgan fingerprint density at radius 3 is 2.60 bits per heavy atom. The molecule has 5 heteroatoms. The van der Waals surface area contributed by atoms with E-state index in [1.165, 1.54) is 6.42 Å². The fourth-order valence-corrected chi connectivity index (χ4v) is 2.52. The van der Waals surface area contributed by atoms with Gasteiger partial charge >= 0.3 is 0 Å². The van der Waals surface area contributed by atoms with E-state index in [2.05, 4.69) is 51.9 Å². The van der Waals surface area contributed by atoms with Crippen LogP contribution in [0.2, 0.25) is 0 Å². The van der Waals surface area contributed by atoms with Crippen LogP contribution in [-0.4, -0.2) is 53.6 Å². The standard InChI is InChI=1S/C15H27N5/c1-4-6-16-14-11-15(18-12-17-14)20-9-7-19(8-10-20)13(3)5-2/h11-13H,4-10H2,1-3H3,(H,16,17,18). The first kappa shape index (κ1) is 15.0. The Labute approximate surface area is 122 Å². The molecule has 0 aliphatic carbocycles. The van der Waals surface area contributed by atoms with E-state index >= 15 is 0 Å². The van der Waals surface area contributed by atoms with Gasteiger partial charge in [-0.05, 0) is 19.8 Å². The first-order valence-electron chi connectivity index (χ1n) is 7.79. The minimum Gasteiger partial charge on any atom is -0.370 e. The van der Waals surface area contributed by atoms with Crippen molar-refractivity contribution in [2.24, 2.45) is 0 Å². The second-order valence-corrected chi connectivity index (χ2v) is 5.47. The van der Waals surface area contributed by atoms with E-state index in [-0.39, 0.29) is 0 Å². The van der Waals surface area contributed by atoms with Gasteiger partial charge < -0.3 is 10.2 Å². The maximum atomic E-state index is 4.42. The zero-order chi connectivity index (χ0) is 14.4. The summed E-state index contributed by atoms with van der Waals surface area (Å²) in [7, 11) is 0. The topological polar surface area (TPSA) is 44.3 Å². The molecule has 0 amide bonds. The molecule has 0 saturated carbocycles. The zero-order valence-electron chi connectivity index (χ0n) is 13.0. The summed E-state index contributed by atoms with van der Waals surface area (Å²) < 4.78 is 0. The predicted molar refractivity (Wildman–Crippen MR) is 84.4 cm³/mol. The van der Waals surface area contributed by atoms with Crippen LogP contribution in [0, 0.1) is 0 Å². The fraction of sp³-hybridized carbons (Fsp3) is 0.733. The van der Waals surface area contributed by atoms with Gasteiger partial charge in [-0.3, -0.25) is 4.90 Å². The number of nitrogens with zero attached hydrogens (tertiary/aromatic N) is 4. The minimum atomic E-state index is 0.685. The number of rotatable bonds is 6. The van der Waals surface area contributed by atoms with Crippen molar-refractivity contribution in [3.05, 3.63) is 12.4 Å². The quantitative estimate of drug-likeness (QED) is 0.864. The molecular formula is C15H27N5. The summed E-state index contributed by atoms with van der Waals surface area (Å²) in [6.07, 6.45) is 3.99. The summed E-state index contributed by atoms with van der Waals surface area (Å²) in [6, 6.07) is 2.75. The number of anilines is 2. The molecule has 1 atom stereocenters. The van der Waals surface area contributed by atoms with Gasteiger partial charge in [0.15, 0.2) is 0 Å². The Balaban J connectivity index is 1.93. The molecule has 1 unspecified atom stereocenters. The SMILES string of the molecule is CCCNc1cc(N2CCN(C(C)CC)CC2)ncn1. The van der Waals surface area contributed by atoms with Gasteiger partial charge in [0.05, 0.1) is 0 Å². The van der Waals surface area contributed by atoms with Crippen LogP contribution in [0.1, 0.15) is 33.6 Å². The first-order valence-corrected chi connectivity index (χ1v) is 7.79. The summed E-state index contributed by atoms with van der Waals surface area (Å²) in [4.78, 5) is 13.6. The Kier molecular flexibility index (Phi) is 5.59. The molecule has 2 heterocycles. The molecule has 1 N–H and O–H groups in total. The third kappa shape index (κ3) is 3.82. The molecule has 1 aliphatic rings. The van der Waals surface area contributed by atoms with Gasteiger partial charge in [-0.2, -0.15) is 0 Å². The van der Waals surface area contributed by atoms with Crippen molar-refractivity contribution >= 4 is 11.6 Å². The lowest BCUT2D eigenvalue weighted by Crippen LogP contribution is -2.49. The Morgan fingerprint density at radius 1 is 1.20 bits per heavy atom. The second kappa shape index (κ2) is 7.43. The molecule has 5 nitrogen and oxygen atoms in total. The molecule has 112 valence electrons. The summed E-state index contributed by atoms with van der Waals surface area (Å²) >= 11 is 0. The van der Waals surface area contributed by atoms with Crippen molar-refractivity contribution in [3.63, 3.8) is 0 Å². The van der Waals surface area contributed by atoms with Crippen molar-refractivity contribution in [1.29, 1.82) is 0 Å². The summed E-state index contributed by atoms with van der Waals surface area (Å²) in [5.41, 5.74) is 0. The fourth-order valence-electron chi connectivity index (χ4n) is 2.52. The minimum absolute atomic E-state index is 0.685. The molecule has 1 aromatic rings. The van der Waals surface area contributed by atoms with Crippen LogP contribution in [0.4, 0.5) is 11.6 Å². The summed E-state index contributed by atoms with van der Waals surface area (Å²) in [6.45, 7) is 12.0. The van der Waals surface area contributed by atoms with E-state index in [1.54, 1.807) is 6.33 Å². The van der Waals surface area contributed by atoms with Crippen LogP contribution >= 0.6 is 0 Å². The van der Waals surface area contributed by atoms with Gasteiger partial charge in [0.2, 0.25) is 0 Å². The lowest BCUT2D eigenvalue weighted by atomic mass is 10.2. The van der Waals surface area contributed by atoms with Crippen molar-refractivity contribution in [2.75, 3.05) is 42.9 Å². The van der Waals surface area contributed by atoms with Gasteiger partial charge in [-0.15, -0.1) is 0 Å². The van der Waals surface area contributed by atoms with Crippen LogP contribution in [0.5, 0.6) is 0 Å². The van der Waals surface area contributed by atoms with Crippen LogP contribution in [0.3, 0.4) is 0 Å². The monoisotopic (exact) mass is 277 g/mol. The number of hydrogen-bond acceptors (Lipinski definition) is 5. The molecule has 0 aromatic carbocycles. The van der Waals surface area contributed by atoms with Crippen molar-refractivity contribution in [3.8, 4) is 0 Å². The molecule has 0 bridgehead atoms. The van der Waals surface area contributed by atoms with Crippen LogP contribution in [-0.2, 0) is 0 Å². The molecule has 1 aromatic heterocycles. The molecule has 2 rings (SSSR count). The number of piperazine rings is 1. The molecular weight excluding hydrogens is 250 g/mol. The highest BCUT2D eigenvalue weighted by Crippen LogP contribution is 2.17. The van der Waals surface area contributed by atoms with Gasteiger partial charge in [0.25, 0.3) is 0 Å². The maximum absolute atomic E-state index is 4.42. The van der Waals surface area contributed by atoms with Crippen LogP contribution < -0.4 is 10.2 Å². The van der Waals surface area contributed by atoms with Crippen LogP contribution in [0.15, 0.2) is 12.4 Å². The Morgan fingerprint density at radius 2 is 1.95 bits per heavy atom. The van der Waals surface area contributed by atoms with Gasteiger partial charge in [0, 0.05) is 44.8 Å². The van der Waals surface area contributed by atoms with Gasteiger partial charge in [0.1, 0.15) is 18.0 Å². The maximum Gasteiger partial charge on any atom is 0.134 e. The zero-order valence-corrected chi connectivity index (χ0v) is 13.0. The molecule has 20 heavy (non-hydrogen) atoms. The van der Waals surface area contributed by atoms with Crippen molar-refractivity contribution < 1.29 is 0 Å². The molecule has 1 aliphatic heterocycles. The molecule has 1 saturated heterocycles. The van der Waals surface area contributed by atoms with E-state index in [0.29, 0.717) is 6.04 Å². The predicted octanol–water partition coefficient (Wildman–Crippen LogP) is 2.22. The second-order valence-electron chi connectivity index (χ2n) is 5.47. The van der Waals surface area contributed by atoms with Crippen molar-refractivity contribution in [1.82, 2.24) is 14.9 Å². The van der Waals surface area contributed by atoms with Crippen LogP contribution in [0.25, 0.3) is 0 Å². The lowest BCUT2D eigenvalue weighted by Gasteiger charge is -2.38. The molecule has 0 spiro atoms. The van der Waals surface area contributed by atoms with E-state index in [1.807, 2.05) is 0 Å². The summed E-state index contributed by atoms with van der Waals surface area (Å²) in [5.74, 6) is 1.98. The highest BCUT2D eigenvalue weighted by atomic mass is 15.3. The van der Waals surface area contributed by atoms with E-state index in [9.17, 15) is 0 Å². The summed E-state index contributed by atoms with van der Waals surface area (Å²) in [5, 5.41) is 3.32. The normalized spacial score (nSPS) is 18.1. The Bertz CT molecular complexity index is 401. The van der Waals surface area contributed by atoms with Gasteiger partial charge in [-0.25, -0.2) is 9.97 Å². The third-order valence-corrected chi connectivity index (χ3v) is 4.06. The average Bonchev–Trinajstić information content (AvgIpc) is 2.52.